The zero-order chi connectivity index (χ0) is 12.0. The van der Waals surface area contributed by atoms with Gasteiger partial charge < -0.3 is 15.3 Å². The maximum Gasteiger partial charge on any atom is 0.222 e. The number of aliphatic hydroxyl groups is 1. The zero-order valence-corrected chi connectivity index (χ0v) is 10.4. The number of aliphatic hydroxyl groups excluding tert-OH is 1. The molecule has 1 aliphatic rings. The van der Waals surface area contributed by atoms with E-state index in [2.05, 4.69) is 5.32 Å². The number of piperidine rings is 1. The molecule has 0 aromatic rings. The summed E-state index contributed by atoms with van der Waals surface area (Å²) in [6.07, 6.45) is 3.22. The van der Waals surface area contributed by atoms with E-state index >= 15 is 0 Å². The molecule has 4 nitrogen and oxygen atoms in total. The van der Waals surface area contributed by atoms with Crippen LogP contribution in [-0.4, -0.2) is 48.7 Å². The highest BCUT2D eigenvalue weighted by atomic mass is 16.3. The Morgan fingerprint density at radius 2 is 2.12 bits per heavy atom. The number of hydrogen-bond acceptors (Lipinski definition) is 3. The quantitative estimate of drug-likeness (QED) is 0.725. The van der Waals surface area contributed by atoms with Gasteiger partial charge in [-0.2, -0.15) is 0 Å². The first kappa shape index (κ1) is 13.5. The Morgan fingerprint density at radius 1 is 1.50 bits per heavy atom. The molecule has 0 aromatic heterocycles. The molecule has 0 spiro atoms. The molecule has 0 saturated carbocycles. The SMILES string of the molecule is CC(O)CCN(C)C(=O)CC1CCNCC1. The third-order valence-electron chi connectivity index (χ3n) is 3.23. The largest absolute Gasteiger partial charge is 0.393 e. The van der Waals surface area contributed by atoms with E-state index in [0.29, 0.717) is 25.3 Å². The number of nitrogens with zero attached hydrogens (tertiary/aromatic N) is 1. The minimum atomic E-state index is -0.325. The smallest absolute Gasteiger partial charge is 0.222 e. The molecule has 1 atom stereocenters. The van der Waals surface area contributed by atoms with Gasteiger partial charge in [-0.3, -0.25) is 4.79 Å². The fourth-order valence-electron chi connectivity index (χ4n) is 1.99. The van der Waals surface area contributed by atoms with Crippen LogP contribution >= 0.6 is 0 Å². The van der Waals surface area contributed by atoms with E-state index < -0.39 is 0 Å². The molecule has 0 bridgehead atoms. The molecule has 1 aliphatic heterocycles. The molecule has 1 heterocycles. The molecule has 1 saturated heterocycles. The minimum Gasteiger partial charge on any atom is -0.393 e. The summed E-state index contributed by atoms with van der Waals surface area (Å²) in [5, 5.41) is 12.5. The summed E-state index contributed by atoms with van der Waals surface area (Å²) in [5.41, 5.74) is 0. The van der Waals surface area contributed by atoms with Crippen LogP contribution in [-0.2, 0) is 4.79 Å². The molecule has 1 unspecified atom stereocenters. The molecule has 94 valence electrons. The third-order valence-corrected chi connectivity index (χ3v) is 3.23. The standard InChI is InChI=1S/C12H24N2O2/c1-10(15)5-8-14(2)12(16)9-11-3-6-13-7-4-11/h10-11,13,15H,3-9H2,1-2H3. The second-order valence-electron chi connectivity index (χ2n) is 4.85. The van der Waals surface area contributed by atoms with Gasteiger partial charge in [0.2, 0.25) is 5.91 Å². The van der Waals surface area contributed by atoms with Crippen molar-refractivity contribution in [1.29, 1.82) is 0 Å². The average molecular weight is 228 g/mol. The Hall–Kier alpha value is -0.610. The first-order chi connectivity index (χ1) is 7.59. The number of carbonyl (C=O) groups is 1. The van der Waals surface area contributed by atoms with Crippen molar-refractivity contribution in [2.45, 2.75) is 38.7 Å². The maximum atomic E-state index is 11.8. The number of carbonyl (C=O) groups excluding carboxylic acids is 1. The van der Waals surface area contributed by atoms with E-state index in [4.69, 9.17) is 5.11 Å². The predicted molar refractivity (Wildman–Crippen MR) is 64.1 cm³/mol. The van der Waals surface area contributed by atoms with Crippen molar-refractivity contribution in [3.8, 4) is 0 Å². The molecule has 1 rings (SSSR count). The van der Waals surface area contributed by atoms with Crippen LogP contribution in [0.25, 0.3) is 0 Å². The molecule has 0 radical (unpaired) electrons. The van der Waals surface area contributed by atoms with Crippen LogP contribution in [0.15, 0.2) is 0 Å². The highest BCUT2D eigenvalue weighted by Crippen LogP contribution is 2.16. The number of rotatable bonds is 5. The van der Waals surface area contributed by atoms with Crippen molar-refractivity contribution < 1.29 is 9.90 Å². The predicted octanol–water partition coefficient (Wildman–Crippen LogP) is 0.605. The van der Waals surface area contributed by atoms with Gasteiger partial charge in [0.1, 0.15) is 0 Å². The van der Waals surface area contributed by atoms with Gasteiger partial charge in [-0.15, -0.1) is 0 Å². The Kier molecular flexibility index (Phi) is 5.77. The minimum absolute atomic E-state index is 0.215. The topological polar surface area (TPSA) is 52.6 Å². The Labute approximate surface area is 98.0 Å². The lowest BCUT2D eigenvalue weighted by Crippen LogP contribution is -2.34. The molecule has 16 heavy (non-hydrogen) atoms. The summed E-state index contributed by atoms with van der Waals surface area (Å²) in [6.45, 7) is 4.48. The van der Waals surface area contributed by atoms with Crippen molar-refractivity contribution in [2.24, 2.45) is 5.92 Å². The molecule has 1 amide bonds. The lowest BCUT2D eigenvalue weighted by molar-refractivity contribution is -0.131. The second-order valence-corrected chi connectivity index (χ2v) is 4.85. The van der Waals surface area contributed by atoms with Gasteiger partial charge in [-0.25, -0.2) is 0 Å². The lowest BCUT2D eigenvalue weighted by atomic mass is 9.94. The summed E-state index contributed by atoms with van der Waals surface area (Å²) in [4.78, 5) is 13.6. The molecular weight excluding hydrogens is 204 g/mol. The van der Waals surface area contributed by atoms with Crippen molar-refractivity contribution in [2.75, 3.05) is 26.7 Å². The molecule has 0 aromatic carbocycles. The summed E-state index contributed by atoms with van der Waals surface area (Å²) in [7, 11) is 1.83. The van der Waals surface area contributed by atoms with Crippen LogP contribution in [0.5, 0.6) is 0 Å². The Morgan fingerprint density at radius 3 is 2.69 bits per heavy atom. The van der Waals surface area contributed by atoms with Crippen LogP contribution in [0, 0.1) is 5.92 Å². The molecule has 0 aliphatic carbocycles. The first-order valence-electron chi connectivity index (χ1n) is 6.22. The normalized spacial score (nSPS) is 19.4. The van der Waals surface area contributed by atoms with Gasteiger partial charge in [-0.05, 0) is 45.2 Å². The monoisotopic (exact) mass is 228 g/mol. The summed E-state index contributed by atoms with van der Waals surface area (Å²) < 4.78 is 0. The highest BCUT2D eigenvalue weighted by Gasteiger charge is 2.18. The van der Waals surface area contributed by atoms with Crippen molar-refractivity contribution >= 4 is 5.91 Å². The average Bonchev–Trinajstić information content (AvgIpc) is 2.27. The van der Waals surface area contributed by atoms with Crippen molar-refractivity contribution in [1.82, 2.24) is 10.2 Å². The van der Waals surface area contributed by atoms with Gasteiger partial charge in [0.15, 0.2) is 0 Å². The zero-order valence-electron chi connectivity index (χ0n) is 10.4. The first-order valence-corrected chi connectivity index (χ1v) is 6.22. The Balaban J connectivity index is 2.22. The summed E-state index contributed by atoms with van der Waals surface area (Å²) >= 11 is 0. The van der Waals surface area contributed by atoms with Crippen LogP contribution in [0.1, 0.15) is 32.6 Å². The van der Waals surface area contributed by atoms with Crippen LogP contribution < -0.4 is 5.32 Å². The summed E-state index contributed by atoms with van der Waals surface area (Å²) in [5.74, 6) is 0.760. The molecule has 2 N–H and O–H groups in total. The van der Waals surface area contributed by atoms with Crippen LogP contribution in [0.4, 0.5) is 0 Å². The van der Waals surface area contributed by atoms with E-state index in [9.17, 15) is 4.79 Å². The molecule has 1 fully saturated rings. The van der Waals surface area contributed by atoms with Crippen LogP contribution in [0.3, 0.4) is 0 Å². The van der Waals surface area contributed by atoms with Gasteiger partial charge in [0.25, 0.3) is 0 Å². The van der Waals surface area contributed by atoms with Crippen molar-refractivity contribution in [3.63, 3.8) is 0 Å². The fourth-order valence-corrected chi connectivity index (χ4v) is 1.99. The molecule has 4 heteroatoms. The van der Waals surface area contributed by atoms with E-state index in [1.54, 1.807) is 11.8 Å². The number of nitrogens with one attached hydrogen (secondary N) is 1. The second kappa shape index (κ2) is 6.86. The fraction of sp³-hybridized carbons (Fsp3) is 0.917. The van der Waals surface area contributed by atoms with Gasteiger partial charge in [-0.1, -0.05) is 0 Å². The van der Waals surface area contributed by atoms with E-state index in [-0.39, 0.29) is 12.0 Å². The van der Waals surface area contributed by atoms with E-state index in [1.165, 1.54) is 0 Å². The Bertz CT molecular complexity index is 213. The van der Waals surface area contributed by atoms with Gasteiger partial charge in [0, 0.05) is 20.0 Å². The third kappa shape index (κ3) is 4.94. The lowest BCUT2D eigenvalue weighted by Gasteiger charge is -2.25. The highest BCUT2D eigenvalue weighted by molar-refractivity contribution is 5.76. The maximum absolute atomic E-state index is 11.8. The number of hydrogen-bond donors (Lipinski definition) is 2. The van der Waals surface area contributed by atoms with Gasteiger partial charge >= 0.3 is 0 Å². The van der Waals surface area contributed by atoms with Gasteiger partial charge in [0.05, 0.1) is 6.10 Å². The van der Waals surface area contributed by atoms with E-state index in [1.807, 2.05) is 7.05 Å². The van der Waals surface area contributed by atoms with E-state index in [0.717, 1.165) is 25.9 Å². The van der Waals surface area contributed by atoms with Crippen molar-refractivity contribution in [3.05, 3.63) is 0 Å². The number of amides is 1. The molecular formula is C12H24N2O2. The summed E-state index contributed by atoms with van der Waals surface area (Å²) in [6, 6.07) is 0. The van der Waals surface area contributed by atoms with Crippen LogP contribution in [0.2, 0.25) is 0 Å².